The summed E-state index contributed by atoms with van der Waals surface area (Å²) in [5, 5.41) is 3.55. The van der Waals surface area contributed by atoms with E-state index in [1.807, 2.05) is 35.4 Å². The van der Waals surface area contributed by atoms with Crippen molar-refractivity contribution in [1.29, 1.82) is 0 Å². The molecule has 1 aliphatic carbocycles. The average Bonchev–Trinajstić information content (AvgIpc) is 3.44. The monoisotopic (exact) mass is 365 g/mol. The number of amides is 1. The number of hydrogen-bond donors (Lipinski definition) is 1. The Morgan fingerprint density at radius 2 is 2.07 bits per heavy atom. The van der Waals surface area contributed by atoms with Crippen molar-refractivity contribution in [1.82, 2.24) is 10.3 Å². The van der Waals surface area contributed by atoms with Gasteiger partial charge in [-0.2, -0.15) is 0 Å². The number of nitrogens with one attached hydrogen (secondary N) is 1. The van der Waals surface area contributed by atoms with Gasteiger partial charge in [0.1, 0.15) is 0 Å². The van der Waals surface area contributed by atoms with E-state index in [0.717, 1.165) is 37.7 Å². The van der Waals surface area contributed by atoms with Gasteiger partial charge in [0.25, 0.3) is 0 Å². The number of carbonyl (C=O) groups is 1. The van der Waals surface area contributed by atoms with Gasteiger partial charge in [-0.25, -0.2) is 4.98 Å². The maximum Gasteiger partial charge on any atom is 0.227 e. The topological polar surface area (TPSA) is 54.5 Å². The number of aromatic nitrogens is 1. The molecule has 1 aromatic carbocycles. The van der Waals surface area contributed by atoms with Crippen molar-refractivity contribution >= 4 is 11.6 Å². The summed E-state index contributed by atoms with van der Waals surface area (Å²) in [5.41, 5.74) is 3.38. The third-order valence-electron chi connectivity index (χ3n) is 5.35. The molecule has 1 atom stereocenters. The molecule has 0 spiro atoms. The van der Waals surface area contributed by atoms with Gasteiger partial charge >= 0.3 is 0 Å². The summed E-state index contributed by atoms with van der Waals surface area (Å²) in [5.74, 6) is 1.67. The maximum atomic E-state index is 11.9. The molecule has 1 amide bonds. The van der Waals surface area contributed by atoms with Crippen molar-refractivity contribution in [3.8, 4) is 5.88 Å². The summed E-state index contributed by atoms with van der Waals surface area (Å²) in [7, 11) is 0. The Balaban J connectivity index is 1.31. The van der Waals surface area contributed by atoms with Crippen LogP contribution in [0.15, 0.2) is 42.6 Å². The first kappa shape index (κ1) is 18.0. The summed E-state index contributed by atoms with van der Waals surface area (Å²) in [6.07, 6.45) is 5.99. The molecule has 1 saturated carbocycles. The number of nitrogens with zero attached hydrogens (tertiary/aromatic N) is 2. The molecule has 2 fully saturated rings. The standard InChI is InChI=1S/C22H27N3O2/c1-16(19-6-8-20(9-7-19)25-12-2-3-22(25)26)24-14-18-10-11-23-21(13-18)27-15-17-4-5-17/h6-11,13,16-17,24H,2-5,12,14-15H2,1H3. The van der Waals surface area contributed by atoms with Gasteiger partial charge in [-0.15, -0.1) is 0 Å². The van der Waals surface area contributed by atoms with Crippen LogP contribution in [0.2, 0.25) is 0 Å². The van der Waals surface area contributed by atoms with Crippen molar-refractivity contribution in [2.75, 3.05) is 18.1 Å². The lowest BCUT2D eigenvalue weighted by Gasteiger charge is -2.18. The largest absolute Gasteiger partial charge is 0.477 e. The van der Waals surface area contributed by atoms with Crippen LogP contribution >= 0.6 is 0 Å². The predicted octanol–water partition coefficient (Wildman–Crippen LogP) is 3.85. The van der Waals surface area contributed by atoms with Crippen LogP contribution < -0.4 is 15.0 Å². The third-order valence-corrected chi connectivity index (χ3v) is 5.35. The number of pyridine rings is 1. The quantitative estimate of drug-likeness (QED) is 0.772. The fourth-order valence-electron chi connectivity index (χ4n) is 3.38. The third kappa shape index (κ3) is 4.66. The average molecular weight is 365 g/mol. The van der Waals surface area contributed by atoms with E-state index in [0.29, 0.717) is 12.3 Å². The lowest BCUT2D eigenvalue weighted by molar-refractivity contribution is -0.117. The fraction of sp³-hybridized carbons (Fsp3) is 0.455. The van der Waals surface area contributed by atoms with E-state index in [2.05, 4.69) is 29.4 Å². The van der Waals surface area contributed by atoms with E-state index in [-0.39, 0.29) is 11.9 Å². The number of carbonyl (C=O) groups excluding carboxylic acids is 1. The molecule has 1 aromatic heterocycles. The van der Waals surface area contributed by atoms with Gasteiger partial charge in [0.15, 0.2) is 0 Å². The van der Waals surface area contributed by atoms with Crippen LogP contribution in [0.5, 0.6) is 5.88 Å². The summed E-state index contributed by atoms with van der Waals surface area (Å²) >= 11 is 0. The van der Waals surface area contributed by atoms with Crippen LogP contribution in [0.3, 0.4) is 0 Å². The zero-order valence-corrected chi connectivity index (χ0v) is 15.9. The molecule has 4 rings (SSSR count). The summed E-state index contributed by atoms with van der Waals surface area (Å²) in [6, 6.07) is 12.6. The highest BCUT2D eigenvalue weighted by Crippen LogP contribution is 2.29. The second-order valence-electron chi connectivity index (χ2n) is 7.60. The summed E-state index contributed by atoms with van der Waals surface area (Å²) < 4.78 is 5.76. The van der Waals surface area contributed by atoms with Crippen molar-refractivity contribution in [2.45, 2.75) is 45.2 Å². The highest BCUT2D eigenvalue weighted by atomic mass is 16.5. The van der Waals surface area contributed by atoms with Crippen molar-refractivity contribution < 1.29 is 9.53 Å². The lowest BCUT2D eigenvalue weighted by atomic mass is 10.1. The SMILES string of the molecule is CC(NCc1ccnc(OCC2CC2)c1)c1ccc(N2CCCC2=O)cc1. The molecule has 1 aliphatic heterocycles. The van der Waals surface area contributed by atoms with Gasteiger partial charge in [0, 0.05) is 43.5 Å². The van der Waals surface area contributed by atoms with Gasteiger partial charge in [-0.05, 0) is 61.4 Å². The summed E-state index contributed by atoms with van der Waals surface area (Å²) in [4.78, 5) is 18.0. The number of ether oxygens (including phenoxy) is 1. The molecule has 5 nitrogen and oxygen atoms in total. The molecule has 2 aliphatic rings. The van der Waals surface area contributed by atoms with Gasteiger partial charge in [0.05, 0.1) is 6.61 Å². The van der Waals surface area contributed by atoms with Crippen LogP contribution in [0, 0.1) is 5.92 Å². The van der Waals surface area contributed by atoms with Gasteiger partial charge in [0.2, 0.25) is 11.8 Å². The molecule has 142 valence electrons. The zero-order chi connectivity index (χ0) is 18.6. The normalized spacial score (nSPS) is 18.0. The second-order valence-corrected chi connectivity index (χ2v) is 7.60. The van der Waals surface area contributed by atoms with E-state index in [9.17, 15) is 4.79 Å². The predicted molar refractivity (Wildman–Crippen MR) is 106 cm³/mol. The molecule has 1 unspecified atom stereocenters. The van der Waals surface area contributed by atoms with Crippen molar-refractivity contribution in [2.24, 2.45) is 5.92 Å². The Kier molecular flexibility index (Phi) is 5.39. The van der Waals surface area contributed by atoms with Gasteiger partial charge in [-0.3, -0.25) is 4.79 Å². The number of anilines is 1. The Hall–Kier alpha value is -2.40. The molecule has 0 radical (unpaired) electrons. The summed E-state index contributed by atoms with van der Waals surface area (Å²) in [6.45, 7) is 4.53. The van der Waals surface area contributed by atoms with E-state index < -0.39 is 0 Å². The van der Waals surface area contributed by atoms with E-state index in [1.165, 1.54) is 24.0 Å². The minimum Gasteiger partial charge on any atom is -0.477 e. The fourth-order valence-corrected chi connectivity index (χ4v) is 3.38. The van der Waals surface area contributed by atoms with E-state index in [4.69, 9.17) is 4.74 Å². The second kappa shape index (κ2) is 8.09. The smallest absolute Gasteiger partial charge is 0.227 e. The van der Waals surface area contributed by atoms with Gasteiger partial charge in [-0.1, -0.05) is 12.1 Å². The molecule has 0 bridgehead atoms. The van der Waals surface area contributed by atoms with Crippen LogP contribution in [-0.4, -0.2) is 24.0 Å². The maximum absolute atomic E-state index is 11.9. The highest BCUT2D eigenvalue weighted by Gasteiger charge is 2.22. The molecule has 2 aromatic rings. The van der Waals surface area contributed by atoms with E-state index in [1.54, 1.807) is 0 Å². The zero-order valence-electron chi connectivity index (χ0n) is 15.9. The number of rotatable bonds is 8. The van der Waals surface area contributed by atoms with Crippen LogP contribution in [0.25, 0.3) is 0 Å². The highest BCUT2D eigenvalue weighted by molar-refractivity contribution is 5.95. The van der Waals surface area contributed by atoms with Crippen molar-refractivity contribution in [3.63, 3.8) is 0 Å². The first-order valence-corrected chi connectivity index (χ1v) is 9.90. The van der Waals surface area contributed by atoms with E-state index >= 15 is 0 Å². The minimum absolute atomic E-state index is 0.220. The first-order valence-electron chi connectivity index (χ1n) is 9.90. The molecule has 27 heavy (non-hydrogen) atoms. The Labute approximate surface area is 160 Å². The number of hydrogen-bond acceptors (Lipinski definition) is 4. The molecule has 5 heteroatoms. The number of benzene rings is 1. The van der Waals surface area contributed by atoms with Crippen molar-refractivity contribution in [3.05, 3.63) is 53.7 Å². The molecule has 2 heterocycles. The van der Waals surface area contributed by atoms with Crippen LogP contribution in [0.4, 0.5) is 5.69 Å². The molecule has 1 N–H and O–H groups in total. The van der Waals surface area contributed by atoms with Crippen LogP contribution in [-0.2, 0) is 11.3 Å². The molecular formula is C22H27N3O2. The Morgan fingerprint density at radius 1 is 1.26 bits per heavy atom. The first-order chi connectivity index (χ1) is 13.2. The van der Waals surface area contributed by atoms with Gasteiger partial charge < -0.3 is 15.0 Å². The Bertz CT molecular complexity index is 786. The molecule has 1 saturated heterocycles. The minimum atomic E-state index is 0.220. The molecular weight excluding hydrogens is 338 g/mol. The Morgan fingerprint density at radius 3 is 2.78 bits per heavy atom. The van der Waals surface area contributed by atoms with Crippen LogP contribution in [0.1, 0.15) is 49.8 Å². The lowest BCUT2D eigenvalue weighted by Crippen LogP contribution is -2.23.